The van der Waals surface area contributed by atoms with Crippen LogP contribution in [0.4, 0.5) is 5.82 Å². The molecule has 156 valence electrons. The summed E-state index contributed by atoms with van der Waals surface area (Å²) in [7, 11) is 0. The van der Waals surface area contributed by atoms with Crippen LogP contribution in [0, 0.1) is 0 Å². The molecule has 0 saturated heterocycles. The predicted molar refractivity (Wildman–Crippen MR) is 124 cm³/mol. The number of aromatic hydroxyl groups is 1. The molecule has 0 atom stereocenters. The SMILES string of the molecule is CC1=CC(=O)N(Nc2nc(-c3cccc(O)c3)nc3scc(-c4cccs4)c23)C1=O.Cl. The number of fused-ring (bicyclic) bond motifs is 1. The third-order valence-electron chi connectivity index (χ3n) is 4.64. The van der Waals surface area contributed by atoms with Gasteiger partial charge in [0.2, 0.25) is 0 Å². The molecule has 0 unspecified atom stereocenters. The molecule has 10 heteroatoms. The molecular formula is C21H15ClN4O3S2. The third kappa shape index (κ3) is 3.67. The number of phenolic OH excluding ortho intramolecular Hbond substituents is 1. The maximum Gasteiger partial charge on any atom is 0.275 e. The first-order chi connectivity index (χ1) is 14.5. The Labute approximate surface area is 191 Å². The zero-order valence-corrected chi connectivity index (χ0v) is 18.5. The van der Waals surface area contributed by atoms with Gasteiger partial charge in [0, 0.05) is 33.0 Å². The van der Waals surface area contributed by atoms with Gasteiger partial charge >= 0.3 is 0 Å². The summed E-state index contributed by atoms with van der Waals surface area (Å²) < 4.78 is 0. The first kappa shape index (κ1) is 21.0. The second-order valence-electron chi connectivity index (χ2n) is 6.67. The number of imide groups is 1. The number of anilines is 1. The van der Waals surface area contributed by atoms with Crippen LogP contribution in [-0.2, 0) is 9.59 Å². The summed E-state index contributed by atoms with van der Waals surface area (Å²) >= 11 is 3.03. The molecule has 4 aromatic rings. The molecule has 5 rings (SSSR count). The lowest BCUT2D eigenvalue weighted by atomic mass is 10.1. The Morgan fingerprint density at radius 2 is 1.94 bits per heavy atom. The Kier molecular flexibility index (Phi) is 5.48. The van der Waals surface area contributed by atoms with Crippen molar-refractivity contribution >= 4 is 62.9 Å². The molecular weight excluding hydrogens is 456 g/mol. The van der Waals surface area contributed by atoms with Crippen molar-refractivity contribution in [1.82, 2.24) is 15.0 Å². The number of nitrogens with zero attached hydrogens (tertiary/aromatic N) is 3. The van der Waals surface area contributed by atoms with E-state index in [0.717, 1.165) is 20.8 Å². The van der Waals surface area contributed by atoms with Crippen LogP contribution >= 0.6 is 35.1 Å². The van der Waals surface area contributed by atoms with Gasteiger partial charge in [0.15, 0.2) is 11.6 Å². The number of aromatic nitrogens is 2. The number of carbonyl (C=O) groups is 2. The standard InChI is InChI=1S/C21H14N4O3S2.ClH/c1-11-8-16(27)25(21(11)28)24-19-17-14(15-6-3-7-29-15)10-30-20(17)23-18(22-19)12-4-2-5-13(26)9-12;/h2-10,26H,1H3,(H,22,23,24);1H. The van der Waals surface area contributed by atoms with Gasteiger partial charge in [-0.2, -0.15) is 5.01 Å². The van der Waals surface area contributed by atoms with Crippen LogP contribution in [0.1, 0.15) is 6.92 Å². The number of hydrazine groups is 1. The lowest BCUT2D eigenvalue weighted by molar-refractivity contribution is -0.135. The van der Waals surface area contributed by atoms with Crippen LogP contribution in [0.2, 0.25) is 0 Å². The van der Waals surface area contributed by atoms with E-state index in [1.54, 1.807) is 42.5 Å². The number of halogens is 1. The number of benzene rings is 1. The molecule has 0 aliphatic carbocycles. The normalized spacial score (nSPS) is 13.5. The van der Waals surface area contributed by atoms with Crippen molar-refractivity contribution in [2.24, 2.45) is 0 Å². The predicted octanol–water partition coefficient (Wildman–Crippen LogP) is 4.86. The number of hydrogen-bond acceptors (Lipinski definition) is 8. The maximum absolute atomic E-state index is 12.4. The average molecular weight is 471 g/mol. The summed E-state index contributed by atoms with van der Waals surface area (Å²) in [6, 6.07) is 10.6. The van der Waals surface area contributed by atoms with Crippen molar-refractivity contribution in [3.63, 3.8) is 0 Å². The Morgan fingerprint density at radius 3 is 2.61 bits per heavy atom. The van der Waals surface area contributed by atoms with E-state index >= 15 is 0 Å². The van der Waals surface area contributed by atoms with E-state index in [4.69, 9.17) is 0 Å². The van der Waals surface area contributed by atoms with Crippen molar-refractivity contribution in [3.8, 4) is 27.6 Å². The van der Waals surface area contributed by atoms with Gasteiger partial charge in [-0.15, -0.1) is 35.1 Å². The number of hydrogen-bond donors (Lipinski definition) is 2. The van der Waals surface area contributed by atoms with Crippen LogP contribution in [0.5, 0.6) is 5.75 Å². The fraction of sp³-hybridized carbons (Fsp3) is 0.0476. The second kappa shape index (κ2) is 8.10. The van der Waals surface area contributed by atoms with Crippen LogP contribution in [0.3, 0.4) is 0 Å². The molecule has 3 aromatic heterocycles. The molecule has 0 saturated carbocycles. The summed E-state index contributed by atoms with van der Waals surface area (Å²) in [4.78, 5) is 35.7. The highest BCUT2D eigenvalue weighted by molar-refractivity contribution is 7.18. The Morgan fingerprint density at radius 1 is 1.10 bits per heavy atom. The van der Waals surface area contributed by atoms with Gasteiger partial charge < -0.3 is 5.11 Å². The van der Waals surface area contributed by atoms with Gasteiger partial charge in [-0.25, -0.2) is 9.97 Å². The zero-order chi connectivity index (χ0) is 20.8. The fourth-order valence-electron chi connectivity index (χ4n) is 3.21. The van der Waals surface area contributed by atoms with E-state index in [-0.39, 0.29) is 18.2 Å². The van der Waals surface area contributed by atoms with Crippen molar-refractivity contribution < 1.29 is 14.7 Å². The molecule has 0 bridgehead atoms. The first-order valence-corrected chi connectivity index (χ1v) is 10.7. The summed E-state index contributed by atoms with van der Waals surface area (Å²) in [6.07, 6.45) is 1.29. The van der Waals surface area contributed by atoms with Gasteiger partial charge in [-0.3, -0.25) is 15.0 Å². The lowest BCUT2D eigenvalue weighted by Crippen LogP contribution is -2.36. The second-order valence-corrected chi connectivity index (χ2v) is 8.48. The summed E-state index contributed by atoms with van der Waals surface area (Å²) in [5.74, 6) is -0.0347. The topological polar surface area (TPSA) is 95.4 Å². The van der Waals surface area contributed by atoms with Gasteiger partial charge in [0.25, 0.3) is 11.8 Å². The van der Waals surface area contributed by atoms with Gasteiger partial charge in [-0.05, 0) is 30.5 Å². The number of phenols is 1. The first-order valence-electron chi connectivity index (χ1n) is 8.97. The Bertz CT molecular complexity index is 1350. The molecule has 2 N–H and O–H groups in total. The number of thiophene rings is 2. The van der Waals surface area contributed by atoms with E-state index in [2.05, 4.69) is 15.4 Å². The lowest BCUT2D eigenvalue weighted by Gasteiger charge is -2.18. The molecule has 4 heterocycles. The van der Waals surface area contributed by atoms with Crippen molar-refractivity contribution in [2.75, 3.05) is 5.43 Å². The molecule has 1 aromatic carbocycles. The van der Waals surface area contributed by atoms with E-state index < -0.39 is 11.8 Å². The van der Waals surface area contributed by atoms with E-state index in [0.29, 0.717) is 27.6 Å². The molecule has 1 aliphatic heterocycles. The fourth-order valence-corrected chi connectivity index (χ4v) is 4.97. The minimum absolute atomic E-state index is 0. The van der Waals surface area contributed by atoms with Gasteiger partial charge in [0.1, 0.15) is 10.6 Å². The zero-order valence-electron chi connectivity index (χ0n) is 16.0. The minimum Gasteiger partial charge on any atom is -0.508 e. The van der Waals surface area contributed by atoms with Crippen molar-refractivity contribution in [3.05, 3.63) is 58.8 Å². The molecule has 2 amide bonds. The number of carbonyl (C=O) groups excluding carboxylic acids is 2. The Hall–Kier alpha value is -3.27. The van der Waals surface area contributed by atoms with Crippen LogP contribution in [0.25, 0.3) is 32.0 Å². The molecule has 0 spiro atoms. The number of amides is 2. The summed E-state index contributed by atoms with van der Waals surface area (Å²) in [5, 5.41) is 15.5. The highest BCUT2D eigenvalue weighted by Gasteiger charge is 2.30. The largest absolute Gasteiger partial charge is 0.508 e. The van der Waals surface area contributed by atoms with Crippen molar-refractivity contribution in [2.45, 2.75) is 6.92 Å². The Balaban J connectivity index is 0.00000231. The summed E-state index contributed by atoms with van der Waals surface area (Å²) in [6.45, 7) is 1.59. The maximum atomic E-state index is 12.4. The smallest absolute Gasteiger partial charge is 0.275 e. The van der Waals surface area contributed by atoms with Crippen LogP contribution in [0.15, 0.2) is 58.8 Å². The number of nitrogens with one attached hydrogen (secondary N) is 1. The van der Waals surface area contributed by atoms with Gasteiger partial charge in [-0.1, -0.05) is 18.2 Å². The van der Waals surface area contributed by atoms with Crippen LogP contribution in [-0.4, -0.2) is 31.9 Å². The minimum atomic E-state index is -0.448. The third-order valence-corrected chi connectivity index (χ3v) is 6.42. The molecule has 1 aliphatic rings. The van der Waals surface area contributed by atoms with E-state index in [9.17, 15) is 14.7 Å². The molecule has 0 fully saturated rings. The van der Waals surface area contributed by atoms with Crippen molar-refractivity contribution in [1.29, 1.82) is 0 Å². The highest BCUT2D eigenvalue weighted by atomic mass is 35.5. The van der Waals surface area contributed by atoms with Crippen LogP contribution < -0.4 is 5.43 Å². The van der Waals surface area contributed by atoms with E-state index in [1.807, 2.05) is 22.9 Å². The summed E-state index contributed by atoms with van der Waals surface area (Å²) in [5.41, 5.74) is 4.82. The monoisotopic (exact) mass is 470 g/mol. The van der Waals surface area contributed by atoms with E-state index in [1.165, 1.54) is 17.4 Å². The average Bonchev–Trinajstić information content (AvgIpc) is 3.44. The molecule has 7 nitrogen and oxygen atoms in total. The highest BCUT2D eigenvalue weighted by Crippen LogP contribution is 2.40. The molecule has 31 heavy (non-hydrogen) atoms. The van der Waals surface area contributed by atoms with Gasteiger partial charge in [0.05, 0.1) is 5.39 Å². The molecule has 0 radical (unpaired) electrons. The number of rotatable bonds is 4. The quantitative estimate of drug-likeness (QED) is 0.414.